The molecule has 0 N–H and O–H groups in total. The van der Waals surface area contributed by atoms with Gasteiger partial charge < -0.3 is 0 Å². The van der Waals surface area contributed by atoms with E-state index >= 15 is 0 Å². The molecule has 0 saturated carbocycles. The largest absolute Gasteiger partial charge is 0.286 e. The van der Waals surface area contributed by atoms with E-state index in [2.05, 4.69) is 5.10 Å². The minimum Gasteiger partial charge on any atom is -0.266 e. The summed E-state index contributed by atoms with van der Waals surface area (Å²) in [5.74, 6) is -0.305. The topological polar surface area (TPSA) is 75.8 Å². The van der Waals surface area contributed by atoms with Crippen molar-refractivity contribution in [2.45, 2.75) is 0 Å². The fraction of sp³-hybridized carbons (Fsp3) is 0. The number of hydrazone groups is 1. The van der Waals surface area contributed by atoms with Crippen molar-refractivity contribution in [3.8, 4) is 0 Å². The summed E-state index contributed by atoms with van der Waals surface area (Å²) in [5, 5.41) is 15.9. The standard InChI is InChI=1S/C19H13N3O3S2/c23-18-17(8-4-7-14-5-2-1-3-6-14)27-19(26)21(18)20-13-15-9-11-16(12-10-15)22(24)25/h1-13H/b7-4-,17-8+,20-13+. The van der Waals surface area contributed by atoms with Crippen LogP contribution in [-0.2, 0) is 4.79 Å². The highest BCUT2D eigenvalue weighted by atomic mass is 32.2. The summed E-state index contributed by atoms with van der Waals surface area (Å²) in [4.78, 5) is 23.1. The molecule has 1 amide bonds. The van der Waals surface area contributed by atoms with Crippen LogP contribution in [-0.4, -0.2) is 26.4 Å². The molecule has 134 valence electrons. The van der Waals surface area contributed by atoms with E-state index in [-0.39, 0.29) is 11.6 Å². The smallest absolute Gasteiger partial charge is 0.266 e. The van der Waals surface area contributed by atoms with Gasteiger partial charge in [-0.1, -0.05) is 54.2 Å². The minimum atomic E-state index is -0.475. The van der Waals surface area contributed by atoms with Crippen molar-refractivity contribution >= 4 is 52.2 Å². The summed E-state index contributed by atoms with van der Waals surface area (Å²) in [5.41, 5.74) is 1.65. The number of carbonyl (C=O) groups excluding carboxylic acids is 1. The number of hydrogen-bond acceptors (Lipinski definition) is 6. The molecule has 0 radical (unpaired) electrons. The lowest BCUT2D eigenvalue weighted by Gasteiger charge is -2.05. The van der Waals surface area contributed by atoms with Crippen molar-refractivity contribution in [3.63, 3.8) is 0 Å². The zero-order chi connectivity index (χ0) is 19.2. The Balaban J connectivity index is 1.69. The number of nitro groups is 1. The Hall–Kier alpha value is -3.10. The van der Waals surface area contributed by atoms with Crippen LogP contribution < -0.4 is 0 Å². The molecule has 2 aromatic carbocycles. The second kappa shape index (κ2) is 8.52. The van der Waals surface area contributed by atoms with Crippen LogP contribution in [0.2, 0.25) is 0 Å². The van der Waals surface area contributed by atoms with Gasteiger partial charge in [0.05, 0.1) is 16.0 Å². The zero-order valence-corrected chi connectivity index (χ0v) is 15.5. The Morgan fingerprint density at radius 1 is 1.07 bits per heavy atom. The molecule has 0 aliphatic carbocycles. The molecule has 27 heavy (non-hydrogen) atoms. The highest BCUT2D eigenvalue weighted by molar-refractivity contribution is 8.26. The molecule has 0 aromatic heterocycles. The van der Waals surface area contributed by atoms with Gasteiger partial charge in [0.2, 0.25) is 0 Å². The van der Waals surface area contributed by atoms with Gasteiger partial charge in [0.1, 0.15) is 0 Å². The molecule has 8 heteroatoms. The number of nitrogens with zero attached hydrogens (tertiary/aromatic N) is 3. The molecule has 0 unspecified atom stereocenters. The molecule has 6 nitrogen and oxygen atoms in total. The number of allylic oxidation sites excluding steroid dienone is 2. The van der Waals surface area contributed by atoms with Crippen LogP contribution in [0.15, 0.2) is 76.8 Å². The molecule has 1 fully saturated rings. The van der Waals surface area contributed by atoms with Crippen molar-refractivity contribution in [2.24, 2.45) is 5.10 Å². The number of hydrogen-bond donors (Lipinski definition) is 0. The summed E-state index contributed by atoms with van der Waals surface area (Å²) in [6.45, 7) is 0. The highest BCUT2D eigenvalue weighted by Gasteiger charge is 2.31. The Bertz CT molecular complexity index is 967. The van der Waals surface area contributed by atoms with Crippen LogP contribution in [0.25, 0.3) is 6.08 Å². The first-order valence-corrected chi connectivity index (χ1v) is 9.05. The Morgan fingerprint density at radius 3 is 2.44 bits per heavy atom. The van der Waals surface area contributed by atoms with E-state index in [4.69, 9.17) is 12.2 Å². The van der Waals surface area contributed by atoms with Crippen molar-refractivity contribution < 1.29 is 9.72 Å². The second-order valence-electron chi connectivity index (χ2n) is 5.38. The van der Waals surface area contributed by atoms with Gasteiger partial charge in [0, 0.05) is 12.1 Å². The van der Waals surface area contributed by atoms with Gasteiger partial charge in [-0.3, -0.25) is 14.9 Å². The summed E-state index contributed by atoms with van der Waals surface area (Å²) >= 11 is 6.38. The third kappa shape index (κ3) is 4.75. The number of rotatable bonds is 5. The molecule has 1 heterocycles. The fourth-order valence-corrected chi connectivity index (χ4v) is 3.31. The SMILES string of the molecule is O=C1/C(=C\C=C/c2ccccc2)SC(=S)N1/N=C/c1ccc([N+](=O)[O-])cc1. The van der Waals surface area contributed by atoms with Crippen molar-refractivity contribution in [3.05, 3.63) is 92.9 Å². The normalized spacial score (nSPS) is 16.1. The van der Waals surface area contributed by atoms with Gasteiger partial charge in [-0.25, -0.2) is 0 Å². The lowest BCUT2D eigenvalue weighted by Crippen LogP contribution is -2.22. The molecule has 2 aromatic rings. The quantitative estimate of drug-likeness (QED) is 0.247. The molecule has 0 bridgehead atoms. The predicted octanol–water partition coefficient (Wildman–Crippen LogP) is 4.39. The number of amides is 1. The second-order valence-corrected chi connectivity index (χ2v) is 7.05. The maximum atomic E-state index is 12.4. The van der Waals surface area contributed by atoms with Gasteiger partial charge in [-0.2, -0.15) is 10.1 Å². The van der Waals surface area contributed by atoms with E-state index in [1.54, 1.807) is 24.3 Å². The molecular weight excluding hydrogens is 382 g/mol. The van der Waals surface area contributed by atoms with E-state index in [1.807, 2.05) is 36.4 Å². The number of non-ortho nitro benzene ring substituents is 1. The molecule has 3 rings (SSSR count). The third-order valence-corrected chi connectivity index (χ3v) is 4.84. The van der Waals surface area contributed by atoms with Crippen LogP contribution in [0.5, 0.6) is 0 Å². The average molecular weight is 395 g/mol. The van der Waals surface area contributed by atoms with Crippen LogP contribution in [0.1, 0.15) is 11.1 Å². The summed E-state index contributed by atoms with van der Waals surface area (Å²) in [6, 6.07) is 15.6. The number of benzene rings is 2. The van der Waals surface area contributed by atoms with E-state index in [9.17, 15) is 14.9 Å². The lowest BCUT2D eigenvalue weighted by atomic mass is 10.2. The molecule has 1 aliphatic heterocycles. The number of nitro benzene ring substituents is 1. The first-order chi connectivity index (χ1) is 13.0. The van der Waals surface area contributed by atoms with Crippen LogP contribution in [0.4, 0.5) is 5.69 Å². The van der Waals surface area contributed by atoms with Gasteiger partial charge in [-0.15, -0.1) is 0 Å². The minimum absolute atomic E-state index is 0.00843. The maximum absolute atomic E-state index is 12.4. The van der Waals surface area contributed by atoms with Gasteiger partial charge in [0.25, 0.3) is 11.6 Å². The maximum Gasteiger partial charge on any atom is 0.286 e. The number of thioether (sulfide) groups is 1. The Kier molecular flexibility index (Phi) is 5.90. The van der Waals surface area contributed by atoms with Gasteiger partial charge >= 0.3 is 0 Å². The van der Waals surface area contributed by atoms with Crippen molar-refractivity contribution in [1.82, 2.24) is 5.01 Å². The summed E-state index contributed by atoms with van der Waals surface area (Å²) in [7, 11) is 0. The average Bonchev–Trinajstić information content (AvgIpc) is 2.94. The molecule has 0 spiro atoms. The van der Waals surface area contributed by atoms with Gasteiger partial charge in [0.15, 0.2) is 4.32 Å². The Labute approximate surface area is 165 Å². The molecule has 1 aliphatic rings. The van der Waals surface area contributed by atoms with Crippen LogP contribution in [0.3, 0.4) is 0 Å². The first-order valence-electron chi connectivity index (χ1n) is 7.83. The lowest BCUT2D eigenvalue weighted by molar-refractivity contribution is -0.384. The fourth-order valence-electron chi connectivity index (χ4n) is 2.19. The highest BCUT2D eigenvalue weighted by Crippen LogP contribution is 2.31. The van der Waals surface area contributed by atoms with Crippen LogP contribution >= 0.6 is 24.0 Å². The van der Waals surface area contributed by atoms with E-state index in [0.29, 0.717) is 14.8 Å². The van der Waals surface area contributed by atoms with E-state index < -0.39 is 4.92 Å². The third-order valence-electron chi connectivity index (χ3n) is 3.54. The molecule has 1 saturated heterocycles. The van der Waals surface area contributed by atoms with E-state index in [1.165, 1.54) is 30.1 Å². The summed E-state index contributed by atoms with van der Waals surface area (Å²) in [6.07, 6.45) is 6.83. The molecule has 0 atom stereocenters. The van der Waals surface area contributed by atoms with Crippen molar-refractivity contribution in [2.75, 3.05) is 0 Å². The van der Waals surface area contributed by atoms with Gasteiger partial charge in [-0.05, 0) is 41.6 Å². The number of thiocarbonyl (C=S) groups is 1. The zero-order valence-electron chi connectivity index (χ0n) is 13.9. The van der Waals surface area contributed by atoms with E-state index in [0.717, 1.165) is 10.6 Å². The number of carbonyl (C=O) groups is 1. The first kappa shape index (κ1) is 18.7. The Morgan fingerprint density at radius 2 is 1.78 bits per heavy atom. The van der Waals surface area contributed by atoms with Crippen LogP contribution in [0, 0.1) is 10.1 Å². The van der Waals surface area contributed by atoms with Crippen molar-refractivity contribution in [1.29, 1.82) is 0 Å². The molecular formula is C19H13N3O3S2. The summed E-state index contributed by atoms with van der Waals surface area (Å²) < 4.78 is 0.331. The predicted molar refractivity (Wildman–Crippen MR) is 111 cm³/mol. The monoisotopic (exact) mass is 395 g/mol.